The van der Waals surface area contributed by atoms with E-state index in [1.165, 1.54) is 24.3 Å². The van der Waals surface area contributed by atoms with E-state index in [1.54, 1.807) is 18.2 Å². The Bertz CT molecular complexity index is 979. The van der Waals surface area contributed by atoms with E-state index in [0.29, 0.717) is 36.2 Å². The third kappa shape index (κ3) is 3.95. The number of fused-ring (bicyclic) bond motifs is 1. The van der Waals surface area contributed by atoms with Crippen molar-refractivity contribution in [3.05, 3.63) is 66.1 Å². The summed E-state index contributed by atoms with van der Waals surface area (Å²) < 4.78 is 24.2. The van der Waals surface area contributed by atoms with Gasteiger partial charge in [0.1, 0.15) is 19.0 Å². The monoisotopic (exact) mass is 366 g/mol. The van der Waals surface area contributed by atoms with E-state index in [4.69, 9.17) is 9.47 Å². The van der Waals surface area contributed by atoms with Gasteiger partial charge in [-0.15, -0.1) is 10.2 Å². The molecule has 2 aromatic carbocycles. The predicted octanol–water partition coefficient (Wildman–Crippen LogP) is 3.38. The average molecular weight is 366 g/mol. The minimum Gasteiger partial charge on any atom is -0.486 e. The summed E-state index contributed by atoms with van der Waals surface area (Å²) in [6, 6.07) is 14.2. The zero-order chi connectivity index (χ0) is 18.6. The zero-order valence-corrected chi connectivity index (χ0v) is 14.1. The Morgan fingerprint density at radius 1 is 0.926 bits per heavy atom. The summed E-state index contributed by atoms with van der Waals surface area (Å²) in [6.45, 7) is 1.04. The van der Waals surface area contributed by atoms with Crippen molar-refractivity contribution in [2.24, 2.45) is 0 Å². The van der Waals surface area contributed by atoms with E-state index >= 15 is 0 Å². The van der Waals surface area contributed by atoms with E-state index in [2.05, 4.69) is 20.8 Å². The lowest BCUT2D eigenvalue weighted by molar-refractivity contribution is 0.102. The number of nitrogens with one attached hydrogen (secondary N) is 2. The molecule has 1 aliphatic heterocycles. The maximum Gasteiger partial charge on any atom is 0.276 e. The number of rotatable bonds is 4. The van der Waals surface area contributed by atoms with E-state index in [9.17, 15) is 9.18 Å². The first-order valence-corrected chi connectivity index (χ1v) is 8.25. The van der Waals surface area contributed by atoms with Crippen LogP contribution in [0.5, 0.6) is 11.5 Å². The van der Waals surface area contributed by atoms with Gasteiger partial charge in [-0.1, -0.05) is 6.07 Å². The van der Waals surface area contributed by atoms with E-state index in [0.717, 1.165) is 5.69 Å². The second-order valence-corrected chi connectivity index (χ2v) is 5.75. The van der Waals surface area contributed by atoms with Gasteiger partial charge < -0.3 is 20.1 Å². The number of carbonyl (C=O) groups is 1. The fourth-order valence-electron chi connectivity index (χ4n) is 2.55. The molecule has 27 heavy (non-hydrogen) atoms. The normalized spacial score (nSPS) is 12.3. The van der Waals surface area contributed by atoms with Crippen LogP contribution in [0.4, 0.5) is 21.6 Å². The molecule has 7 nitrogen and oxygen atoms in total. The van der Waals surface area contributed by atoms with Gasteiger partial charge in [-0.05, 0) is 42.5 Å². The first kappa shape index (κ1) is 16.8. The highest BCUT2D eigenvalue weighted by atomic mass is 19.1. The smallest absolute Gasteiger partial charge is 0.276 e. The molecule has 1 aromatic heterocycles. The molecule has 1 aliphatic rings. The van der Waals surface area contributed by atoms with Crippen molar-refractivity contribution < 1.29 is 18.7 Å². The fraction of sp³-hybridized carbons (Fsp3) is 0.105. The highest BCUT2D eigenvalue weighted by molar-refractivity contribution is 6.02. The van der Waals surface area contributed by atoms with Crippen LogP contribution in [-0.2, 0) is 0 Å². The van der Waals surface area contributed by atoms with Crippen LogP contribution < -0.4 is 20.1 Å². The Hall–Kier alpha value is -3.68. The molecule has 0 radical (unpaired) electrons. The fourth-order valence-corrected chi connectivity index (χ4v) is 2.55. The third-order valence-electron chi connectivity index (χ3n) is 3.79. The van der Waals surface area contributed by atoms with Crippen LogP contribution in [0.25, 0.3) is 0 Å². The van der Waals surface area contributed by atoms with Crippen LogP contribution in [0.15, 0.2) is 54.6 Å². The Morgan fingerprint density at radius 3 is 2.56 bits per heavy atom. The number of aromatic nitrogens is 2. The summed E-state index contributed by atoms with van der Waals surface area (Å²) in [5.41, 5.74) is 1.22. The largest absolute Gasteiger partial charge is 0.486 e. The van der Waals surface area contributed by atoms with Gasteiger partial charge in [-0.2, -0.15) is 0 Å². The molecular formula is C19H15FN4O3. The maximum atomic E-state index is 13.2. The molecule has 0 bridgehead atoms. The molecule has 8 heteroatoms. The van der Waals surface area contributed by atoms with Gasteiger partial charge in [0, 0.05) is 17.4 Å². The highest BCUT2D eigenvalue weighted by Crippen LogP contribution is 2.33. The molecule has 0 fully saturated rings. The number of hydrogen-bond donors (Lipinski definition) is 2. The van der Waals surface area contributed by atoms with Crippen molar-refractivity contribution in [2.45, 2.75) is 0 Å². The number of benzene rings is 2. The standard InChI is InChI=1S/C19H15FN4O3/c20-12-2-1-3-13(10-12)22-19(25)15-5-7-18(24-23-15)21-14-4-6-16-17(11-14)27-9-8-26-16/h1-7,10-11H,8-9H2,(H,21,24)(H,22,25). The number of anilines is 3. The molecular weight excluding hydrogens is 351 g/mol. The molecule has 136 valence electrons. The number of halogens is 1. The van der Waals surface area contributed by atoms with E-state index < -0.39 is 11.7 Å². The van der Waals surface area contributed by atoms with Gasteiger partial charge in [0.05, 0.1) is 0 Å². The number of ether oxygens (including phenoxy) is 2. The third-order valence-corrected chi connectivity index (χ3v) is 3.79. The van der Waals surface area contributed by atoms with Crippen LogP contribution in [0, 0.1) is 5.82 Å². The summed E-state index contributed by atoms with van der Waals surface area (Å²) in [4.78, 5) is 12.2. The second kappa shape index (κ2) is 7.28. The van der Waals surface area contributed by atoms with Gasteiger partial charge in [-0.3, -0.25) is 4.79 Å². The van der Waals surface area contributed by atoms with Gasteiger partial charge in [-0.25, -0.2) is 4.39 Å². The summed E-state index contributed by atoms with van der Waals surface area (Å²) in [5, 5.41) is 13.6. The predicted molar refractivity (Wildman–Crippen MR) is 97.1 cm³/mol. The van der Waals surface area contributed by atoms with Crippen LogP contribution in [0.2, 0.25) is 0 Å². The molecule has 3 aromatic rings. The number of carbonyl (C=O) groups excluding carboxylic acids is 1. The van der Waals surface area contributed by atoms with Crippen molar-refractivity contribution in [3.8, 4) is 11.5 Å². The minimum atomic E-state index is -0.473. The van der Waals surface area contributed by atoms with Gasteiger partial charge >= 0.3 is 0 Å². The van der Waals surface area contributed by atoms with Gasteiger partial charge in [0.25, 0.3) is 5.91 Å². The molecule has 0 unspecified atom stereocenters. The summed E-state index contributed by atoms with van der Waals surface area (Å²) in [6.07, 6.45) is 0. The quantitative estimate of drug-likeness (QED) is 0.736. The molecule has 1 amide bonds. The Morgan fingerprint density at radius 2 is 1.78 bits per heavy atom. The number of nitrogens with zero attached hydrogens (tertiary/aromatic N) is 2. The minimum absolute atomic E-state index is 0.118. The van der Waals surface area contributed by atoms with Crippen molar-refractivity contribution in [3.63, 3.8) is 0 Å². The Balaban J connectivity index is 1.43. The molecule has 2 N–H and O–H groups in total. The molecule has 0 saturated heterocycles. The van der Waals surface area contributed by atoms with Crippen LogP contribution in [0.1, 0.15) is 10.5 Å². The summed E-state index contributed by atoms with van der Waals surface area (Å²) in [5.74, 6) is 0.915. The highest BCUT2D eigenvalue weighted by Gasteiger charge is 2.13. The first-order chi connectivity index (χ1) is 13.2. The van der Waals surface area contributed by atoms with Crippen molar-refractivity contribution in [1.29, 1.82) is 0 Å². The Kier molecular flexibility index (Phi) is 4.52. The van der Waals surface area contributed by atoms with Gasteiger partial charge in [0.2, 0.25) is 0 Å². The van der Waals surface area contributed by atoms with Gasteiger partial charge in [0.15, 0.2) is 23.0 Å². The maximum absolute atomic E-state index is 13.2. The average Bonchev–Trinajstić information content (AvgIpc) is 2.68. The zero-order valence-electron chi connectivity index (χ0n) is 14.1. The second-order valence-electron chi connectivity index (χ2n) is 5.75. The summed E-state index contributed by atoms with van der Waals surface area (Å²) in [7, 11) is 0. The van der Waals surface area contributed by atoms with Crippen LogP contribution in [-0.4, -0.2) is 29.3 Å². The van der Waals surface area contributed by atoms with Crippen LogP contribution >= 0.6 is 0 Å². The van der Waals surface area contributed by atoms with Crippen molar-refractivity contribution in [2.75, 3.05) is 23.8 Å². The van der Waals surface area contributed by atoms with Crippen molar-refractivity contribution in [1.82, 2.24) is 10.2 Å². The lowest BCUT2D eigenvalue weighted by Gasteiger charge is -2.19. The molecule has 0 saturated carbocycles. The summed E-state index contributed by atoms with van der Waals surface area (Å²) >= 11 is 0. The topological polar surface area (TPSA) is 85.4 Å². The molecule has 0 atom stereocenters. The number of amides is 1. The molecule has 4 rings (SSSR count). The number of hydrogen-bond acceptors (Lipinski definition) is 6. The van der Waals surface area contributed by atoms with E-state index in [-0.39, 0.29) is 5.69 Å². The lowest BCUT2D eigenvalue weighted by atomic mass is 10.2. The molecule has 0 aliphatic carbocycles. The lowest BCUT2D eigenvalue weighted by Crippen LogP contribution is -2.15. The van der Waals surface area contributed by atoms with Crippen LogP contribution in [0.3, 0.4) is 0 Å². The molecule has 2 heterocycles. The first-order valence-electron chi connectivity index (χ1n) is 8.25. The van der Waals surface area contributed by atoms with Crippen molar-refractivity contribution >= 4 is 23.1 Å². The molecule has 0 spiro atoms. The van der Waals surface area contributed by atoms with E-state index in [1.807, 2.05) is 12.1 Å². The SMILES string of the molecule is O=C(Nc1cccc(F)c1)c1ccc(Nc2ccc3c(c2)OCCO3)nn1. The Labute approximate surface area is 154 Å².